The molecule has 112 valence electrons. The van der Waals surface area contributed by atoms with Crippen molar-refractivity contribution in [2.24, 2.45) is 0 Å². The van der Waals surface area contributed by atoms with Crippen molar-refractivity contribution in [2.45, 2.75) is 53.7 Å². The Morgan fingerprint density at radius 1 is 1.20 bits per heavy atom. The number of aryl methyl sites for hydroxylation is 2. The third kappa shape index (κ3) is 5.11. The molecule has 0 heterocycles. The van der Waals surface area contributed by atoms with Gasteiger partial charge in [0.05, 0.1) is 6.61 Å². The zero-order chi connectivity index (χ0) is 15.3. The Morgan fingerprint density at radius 2 is 1.75 bits per heavy atom. The summed E-state index contributed by atoms with van der Waals surface area (Å²) in [6, 6.07) is 4.05. The van der Waals surface area contributed by atoms with Crippen molar-refractivity contribution in [3.8, 4) is 5.75 Å². The SMILES string of the molecule is CCOc1c(C)cc(CNC(=O)OC(C)(C)C)cc1C. The molecule has 1 rings (SSSR count). The molecule has 0 atom stereocenters. The normalized spacial score (nSPS) is 11.1. The van der Waals surface area contributed by atoms with E-state index in [1.807, 2.05) is 53.7 Å². The molecule has 0 unspecified atom stereocenters. The van der Waals surface area contributed by atoms with Crippen LogP contribution in [-0.2, 0) is 11.3 Å². The number of amides is 1. The summed E-state index contributed by atoms with van der Waals surface area (Å²) in [4.78, 5) is 11.6. The van der Waals surface area contributed by atoms with Gasteiger partial charge in [0.2, 0.25) is 0 Å². The number of rotatable bonds is 4. The van der Waals surface area contributed by atoms with Crippen LogP contribution in [0.1, 0.15) is 44.4 Å². The van der Waals surface area contributed by atoms with Crippen molar-refractivity contribution in [2.75, 3.05) is 6.61 Å². The Labute approximate surface area is 121 Å². The predicted molar refractivity (Wildman–Crippen MR) is 80.2 cm³/mol. The maximum atomic E-state index is 11.6. The van der Waals surface area contributed by atoms with E-state index < -0.39 is 11.7 Å². The molecule has 0 aliphatic heterocycles. The molecule has 0 aliphatic rings. The minimum Gasteiger partial charge on any atom is -0.493 e. The molecule has 0 fully saturated rings. The third-order valence-electron chi connectivity index (χ3n) is 2.64. The topological polar surface area (TPSA) is 47.6 Å². The van der Waals surface area contributed by atoms with E-state index in [0.29, 0.717) is 13.2 Å². The summed E-state index contributed by atoms with van der Waals surface area (Å²) < 4.78 is 10.8. The number of hydrogen-bond donors (Lipinski definition) is 1. The Kier molecular flexibility index (Phi) is 5.43. The zero-order valence-corrected chi connectivity index (χ0v) is 13.3. The van der Waals surface area contributed by atoms with Crippen molar-refractivity contribution in [1.29, 1.82) is 0 Å². The van der Waals surface area contributed by atoms with E-state index in [1.165, 1.54) is 0 Å². The molecular weight excluding hydrogens is 254 g/mol. The monoisotopic (exact) mass is 279 g/mol. The minimum absolute atomic E-state index is 0.401. The number of nitrogens with one attached hydrogen (secondary N) is 1. The maximum absolute atomic E-state index is 11.6. The molecule has 0 aromatic heterocycles. The molecule has 1 aromatic carbocycles. The van der Waals surface area contributed by atoms with Crippen LogP contribution in [0.3, 0.4) is 0 Å². The van der Waals surface area contributed by atoms with Gasteiger partial charge in [-0.15, -0.1) is 0 Å². The number of carbonyl (C=O) groups excluding carboxylic acids is 1. The van der Waals surface area contributed by atoms with Crippen molar-refractivity contribution >= 4 is 6.09 Å². The maximum Gasteiger partial charge on any atom is 0.407 e. The molecular formula is C16H25NO3. The lowest BCUT2D eigenvalue weighted by atomic mass is 10.1. The van der Waals surface area contributed by atoms with E-state index in [2.05, 4.69) is 5.32 Å². The number of hydrogen-bond acceptors (Lipinski definition) is 3. The summed E-state index contributed by atoms with van der Waals surface area (Å²) in [5, 5.41) is 2.76. The highest BCUT2D eigenvalue weighted by molar-refractivity contribution is 5.67. The second-order valence-electron chi connectivity index (χ2n) is 5.85. The van der Waals surface area contributed by atoms with E-state index in [0.717, 1.165) is 22.4 Å². The highest BCUT2D eigenvalue weighted by atomic mass is 16.6. The van der Waals surface area contributed by atoms with Gasteiger partial charge in [-0.1, -0.05) is 12.1 Å². The smallest absolute Gasteiger partial charge is 0.407 e. The lowest BCUT2D eigenvalue weighted by molar-refractivity contribution is 0.0523. The second-order valence-corrected chi connectivity index (χ2v) is 5.85. The van der Waals surface area contributed by atoms with Crippen molar-refractivity contribution in [3.05, 3.63) is 28.8 Å². The Hall–Kier alpha value is -1.71. The van der Waals surface area contributed by atoms with Gasteiger partial charge in [-0.3, -0.25) is 0 Å². The molecule has 20 heavy (non-hydrogen) atoms. The van der Waals surface area contributed by atoms with Gasteiger partial charge < -0.3 is 14.8 Å². The van der Waals surface area contributed by atoms with Crippen LogP contribution in [0.25, 0.3) is 0 Å². The van der Waals surface area contributed by atoms with Crippen LogP contribution in [0.15, 0.2) is 12.1 Å². The van der Waals surface area contributed by atoms with Gasteiger partial charge in [0.1, 0.15) is 11.4 Å². The van der Waals surface area contributed by atoms with E-state index in [4.69, 9.17) is 9.47 Å². The summed E-state index contributed by atoms with van der Waals surface area (Å²) in [6.45, 7) is 12.6. The van der Waals surface area contributed by atoms with Gasteiger partial charge in [0.25, 0.3) is 0 Å². The molecule has 1 aromatic rings. The van der Waals surface area contributed by atoms with Crippen molar-refractivity contribution < 1.29 is 14.3 Å². The molecule has 4 heteroatoms. The summed E-state index contributed by atoms with van der Waals surface area (Å²) in [5.74, 6) is 0.925. The molecule has 1 amide bonds. The largest absolute Gasteiger partial charge is 0.493 e. The van der Waals surface area contributed by atoms with Gasteiger partial charge in [0, 0.05) is 6.54 Å². The fourth-order valence-corrected chi connectivity index (χ4v) is 2.00. The van der Waals surface area contributed by atoms with Crippen LogP contribution < -0.4 is 10.1 Å². The number of benzene rings is 1. The van der Waals surface area contributed by atoms with E-state index in [-0.39, 0.29) is 0 Å². The highest BCUT2D eigenvalue weighted by Crippen LogP contribution is 2.24. The average molecular weight is 279 g/mol. The summed E-state index contributed by atoms with van der Waals surface area (Å²) in [5.41, 5.74) is 2.71. The molecule has 1 N–H and O–H groups in total. The summed E-state index contributed by atoms with van der Waals surface area (Å²) in [7, 11) is 0. The Morgan fingerprint density at radius 3 is 2.20 bits per heavy atom. The van der Waals surface area contributed by atoms with Crippen LogP contribution in [0.4, 0.5) is 4.79 Å². The van der Waals surface area contributed by atoms with E-state index in [9.17, 15) is 4.79 Å². The summed E-state index contributed by atoms with van der Waals surface area (Å²) in [6.07, 6.45) is -0.401. The van der Waals surface area contributed by atoms with Crippen LogP contribution in [-0.4, -0.2) is 18.3 Å². The first-order chi connectivity index (χ1) is 9.23. The molecule has 0 saturated carbocycles. The van der Waals surface area contributed by atoms with Crippen LogP contribution >= 0.6 is 0 Å². The third-order valence-corrected chi connectivity index (χ3v) is 2.64. The predicted octanol–water partition coefficient (Wildman–Crippen LogP) is 3.73. The van der Waals surface area contributed by atoms with Gasteiger partial charge in [-0.2, -0.15) is 0 Å². The Balaban J connectivity index is 2.68. The Bertz CT molecular complexity index is 452. The molecule has 0 radical (unpaired) electrons. The van der Waals surface area contributed by atoms with Crippen molar-refractivity contribution in [1.82, 2.24) is 5.32 Å². The molecule has 0 spiro atoms. The van der Waals surface area contributed by atoms with E-state index >= 15 is 0 Å². The average Bonchev–Trinajstić information content (AvgIpc) is 2.29. The van der Waals surface area contributed by atoms with E-state index in [1.54, 1.807) is 0 Å². The number of alkyl carbamates (subject to hydrolysis) is 1. The van der Waals surface area contributed by atoms with Gasteiger partial charge >= 0.3 is 6.09 Å². The molecule has 0 bridgehead atoms. The molecule has 4 nitrogen and oxygen atoms in total. The van der Waals surface area contributed by atoms with Crippen LogP contribution in [0.5, 0.6) is 5.75 Å². The highest BCUT2D eigenvalue weighted by Gasteiger charge is 2.16. The fraction of sp³-hybridized carbons (Fsp3) is 0.562. The van der Waals surface area contributed by atoms with Gasteiger partial charge in [-0.25, -0.2) is 4.79 Å². The number of carbonyl (C=O) groups is 1. The molecule has 0 aliphatic carbocycles. The number of ether oxygens (including phenoxy) is 2. The zero-order valence-electron chi connectivity index (χ0n) is 13.3. The second kappa shape index (κ2) is 6.64. The quantitative estimate of drug-likeness (QED) is 0.913. The first-order valence-electron chi connectivity index (χ1n) is 6.92. The summed E-state index contributed by atoms with van der Waals surface area (Å²) >= 11 is 0. The molecule has 0 saturated heterocycles. The van der Waals surface area contributed by atoms with Crippen LogP contribution in [0, 0.1) is 13.8 Å². The van der Waals surface area contributed by atoms with Crippen LogP contribution in [0.2, 0.25) is 0 Å². The fourth-order valence-electron chi connectivity index (χ4n) is 2.00. The van der Waals surface area contributed by atoms with Gasteiger partial charge in [-0.05, 0) is 58.2 Å². The first kappa shape index (κ1) is 16.3. The lowest BCUT2D eigenvalue weighted by Gasteiger charge is -2.20. The minimum atomic E-state index is -0.477. The standard InChI is InChI=1S/C16H25NO3/c1-7-19-14-11(2)8-13(9-12(14)3)10-17-15(18)20-16(4,5)6/h8-9H,7,10H2,1-6H3,(H,17,18). The lowest BCUT2D eigenvalue weighted by Crippen LogP contribution is -2.32. The van der Waals surface area contributed by atoms with Gasteiger partial charge in [0.15, 0.2) is 0 Å². The van der Waals surface area contributed by atoms with Crippen molar-refractivity contribution in [3.63, 3.8) is 0 Å². The first-order valence-corrected chi connectivity index (χ1v) is 6.92.